The van der Waals surface area contributed by atoms with Crippen LogP contribution in [0.4, 0.5) is 19.3 Å². The zero-order valence-corrected chi connectivity index (χ0v) is 14.3. The number of ether oxygens (including phenoxy) is 1. The standard InChI is InChI=1S/C17H19F2N3O4/c1-2-26-17(25)21-7-5-20(6-8-21)14-10-15(23)22(16(14)24)11-3-4-12(18)13(19)9-11/h3-4,9,14H,2,5-8,10H2,1H3. The van der Waals surface area contributed by atoms with Gasteiger partial charge in [-0.15, -0.1) is 0 Å². The summed E-state index contributed by atoms with van der Waals surface area (Å²) in [6.07, 6.45) is -0.429. The van der Waals surface area contributed by atoms with Gasteiger partial charge >= 0.3 is 6.09 Å². The topological polar surface area (TPSA) is 70.2 Å². The first-order valence-corrected chi connectivity index (χ1v) is 8.40. The Morgan fingerprint density at radius 1 is 1.15 bits per heavy atom. The molecule has 1 aromatic rings. The smallest absolute Gasteiger partial charge is 0.409 e. The Bertz CT molecular complexity index is 735. The van der Waals surface area contributed by atoms with E-state index >= 15 is 0 Å². The van der Waals surface area contributed by atoms with E-state index in [1.165, 1.54) is 6.07 Å². The van der Waals surface area contributed by atoms with Crippen LogP contribution in [-0.2, 0) is 14.3 Å². The van der Waals surface area contributed by atoms with Crippen molar-refractivity contribution in [1.82, 2.24) is 9.80 Å². The second-order valence-corrected chi connectivity index (χ2v) is 6.11. The number of piperazine rings is 1. The Labute approximate surface area is 149 Å². The number of amides is 3. The summed E-state index contributed by atoms with van der Waals surface area (Å²) in [7, 11) is 0. The molecule has 26 heavy (non-hydrogen) atoms. The van der Waals surface area contributed by atoms with Crippen molar-refractivity contribution >= 4 is 23.6 Å². The fourth-order valence-corrected chi connectivity index (χ4v) is 3.23. The number of nitrogens with zero attached hydrogens (tertiary/aromatic N) is 3. The number of benzene rings is 1. The number of carbonyl (C=O) groups excluding carboxylic acids is 3. The van der Waals surface area contributed by atoms with E-state index in [0.717, 1.165) is 17.0 Å². The summed E-state index contributed by atoms with van der Waals surface area (Å²) in [5, 5.41) is 0. The van der Waals surface area contributed by atoms with E-state index in [-0.39, 0.29) is 18.7 Å². The first kappa shape index (κ1) is 18.2. The first-order valence-electron chi connectivity index (χ1n) is 8.40. The number of hydrogen-bond acceptors (Lipinski definition) is 5. The number of rotatable bonds is 3. The summed E-state index contributed by atoms with van der Waals surface area (Å²) in [6, 6.07) is 2.26. The highest BCUT2D eigenvalue weighted by Gasteiger charge is 2.43. The van der Waals surface area contributed by atoms with Gasteiger partial charge in [0, 0.05) is 32.2 Å². The molecule has 2 aliphatic heterocycles. The van der Waals surface area contributed by atoms with Gasteiger partial charge in [0.2, 0.25) is 5.91 Å². The molecule has 0 radical (unpaired) electrons. The molecule has 2 fully saturated rings. The van der Waals surface area contributed by atoms with Crippen molar-refractivity contribution in [2.45, 2.75) is 19.4 Å². The van der Waals surface area contributed by atoms with Crippen LogP contribution in [0.3, 0.4) is 0 Å². The maximum atomic E-state index is 13.4. The third-order valence-corrected chi connectivity index (χ3v) is 4.57. The summed E-state index contributed by atoms with van der Waals surface area (Å²) >= 11 is 0. The summed E-state index contributed by atoms with van der Waals surface area (Å²) in [5.41, 5.74) is 0.0200. The highest BCUT2D eigenvalue weighted by atomic mass is 19.2. The second-order valence-electron chi connectivity index (χ2n) is 6.11. The van der Waals surface area contributed by atoms with Gasteiger partial charge in [0.15, 0.2) is 11.6 Å². The SMILES string of the molecule is CCOC(=O)N1CCN(C2CC(=O)N(c3ccc(F)c(F)c3)C2=O)CC1. The van der Waals surface area contributed by atoms with Gasteiger partial charge in [0.1, 0.15) is 0 Å². The molecule has 1 aromatic carbocycles. The average Bonchev–Trinajstić information content (AvgIpc) is 2.92. The third-order valence-electron chi connectivity index (χ3n) is 4.57. The Hall–Kier alpha value is -2.55. The maximum absolute atomic E-state index is 13.4. The van der Waals surface area contributed by atoms with Crippen molar-refractivity contribution in [2.24, 2.45) is 0 Å². The average molecular weight is 367 g/mol. The molecule has 1 unspecified atom stereocenters. The lowest BCUT2D eigenvalue weighted by Crippen LogP contribution is -2.54. The van der Waals surface area contributed by atoms with Gasteiger partial charge in [0.25, 0.3) is 5.91 Å². The number of halogens is 2. The zero-order chi connectivity index (χ0) is 18.8. The number of hydrogen-bond donors (Lipinski definition) is 0. The van der Waals surface area contributed by atoms with Crippen molar-refractivity contribution in [3.63, 3.8) is 0 Å². The van der Waals surface area contributed by atoms with Crippen molar-refractivity contribution in [3.8, 4) is 0 Å². The molecule has 1 atom stereocenters. The van der Waals surface area contributed by atoms with Gasteiger partial charge < -0.3 is 9.64 Å². The number of carbonyl (C=O) groups is 3. The van der Waals surface area contributed by atoms with Gasteiger partial charge in [0.05, 0.1) is 24.8 Å². The van der Waals surface area contributed by atoms with Crippen LogP contribution >= 0.6 is 0 Å². The molecule has 7 nitrogen and oxygen atoms in total. The minimum absolute atomic E-state index is 0.0200. The monoisotopic (exact) mass is 367 g/mol. The minimum Gasteiger partial charge on any atom is -0.450 e. The van der Waals surface area contributed by atoms with Crippen molar-refractivity contribution in [1.29, 1.82) is 0 Å². The van der Waals surface area contributed by atoms with E-state index < -0.39 is 35.6 Å². The summed E-state index contributed by atoms with van der Waals surface area (Å²) < 4.78 is 31.5. The lowest BCUT2D eigenvalue weighted by molar-refractivity contribution is -0.123. The zero-order valence-electron chi connectivity index (χ0n) is 14.3. The molecule has 0 saturated carbocycles. The van der Waals surface area contributed by atoms with Crippen LogP contribution in [0.2, 0.25) is 0 Å². The summed E-state index contributed by atoms with van der Waals surface area (Å²) in [6.45, 7) is 3.65. The molecule has 0 N–H and O–H groups in total. The summed E-state index contributed by atoms with van der Waals surface area (Å²) in [5.74, 6) is -3.08. The molecule has 140 valence electrons. The molecule has 0 bridgehead atoms. The van der Waals surface area contributed by atoms with Crippen LogP contribution < -0.4 is 4.90 Å². The molecular formula is C17H19F2N3O4. The maximum Gasteiger partial charge on any atom is 0.409 e. The van der Waals surface area contributed by atoms with E-state index in [1.807, 2.05) is 4.90 Å². The molecule has 3 rings (SSSR count). The van der Waals surface area contributed by atoms with Gasteiger partial charge in [-0.1, -0.05) is 0 Å². The molecular weight excluding hydrogens is 348 g/mol. The molecule has 2 saturated heterocycles. The van der Waals surface area contributed by atoms with Gasteiger partial charge in [-0.05, 0) is 19.1 Å². The predicted molar refractivity (Wildman–Crippen MR) is 87.4 cm³/mol. The normalized spacial score (nSPS) is 21.4. The van der Waals surface area contributed by atoms with Crippen LogP contribution in [0.15, 0.2) is 18.2 Å². The van der Waals surface area contributed by atoms with E-state index in [4.69, 9.17) is 4.74 Å². The lowest BCUT2D eigenvalue weighted by Gasteiger charge is -2.36. The van der Waals surface area contributed by atoms with E-state index in [2.05, 4.69) is 0 Å². The highest BCUT2D eigenvalue weighted by molar-refractivity contribution is 6.22. The van der Waals surface area contributed by atoms with Crippen LogP contribution in [0.1, 0.15) is 13.3 Å². The highest BCUT2D eigenvalue weighted by Crippen LogP contribution is 2.27. The summed E-state index contributed by atoms with van der Waals surface area (Å²) in [4.78, 5) is 40.9. The first-order chi connectivity index (χ1) is 12.4. The van der Waals surface area contributed by atoms with Crippen LogP contribution in [0, 0.1) is 11.6 Å². The van der Waals surface area contributed by atoms with E-state index in [9.17, 15) is 23.2 Å². The molecule has 3 amide bonds. The van der Waals surface area contributed by atoms with Crippen molar-refractivity contribution < 1.29 is 27.9 Å². The Morgan fingerprint density at radius 2 is 1.85 bits per heavy atom. The molecule has 0 aromatic heterocycles. The van der Waals surface area contributed by atoms with Gasteiger partial charge in [-0.3, -0.25) is 14.5 Å². The second kappa shape index (κ2) is 7.36. The Kier molecular flexibility index (Phi) is 5.17. The molecule has 0 spiro atoms. The third kappa shape index (κ3) is 3.39. The number of anilines is 1. The fourth-order valence-electron chi connectivity index (χ4n) is 3.23. The lowest BCUT2D eigenvalue weighted by atomic mass is 10.2. The van der Waals surface area contributed by atoms with E-state index in [0.29, 0.717) is 26.2 Å². The molecule has 2 heterocycles. The Morgan fingerprint density at radius 3 is 2.46 bits per heavy atom. The Balaban J connectivity index is 1.68. The fraction of sp³-hybridized carbons (Fsp3) is 0.471. The predicted octanol–water partition coefficient (Wildman–Crippen LogP) is 1.37. The van der Waals surface area contributed by atoms with Crippen molar-refractivity contribution in [2.75, 3.05) is 37.7 Å². The molecule has 9 heteroatoms. The van der Waals surface area contributed by atoms with Crippen LogP contribution in [0.5, 0.6) is 0 Å². The largest absolute Gasteiger partial charge is 0.450 e. The molecule has 2 aliphatic rings. The van der Waals surface area contributed by atoms with Crippen LogP contribution in [-0.4, -0.2) is 66.5 Å². The minimum atomic E-state index is -1.12. The quantitative estimate of drug-likeness (QED) is 0.755. The van der Waals surface area contributed by atoms with E-state index in [1.54, 1.807) is 11.8 Å². The van der Waals surface area contributed by atoms with Crippen LogP contribution in [0.25, 0.3) is 0 Å². The van der Waals surface area contributed by atoms with Gasteiger partial charge in [-0.2, -0.15) is 0 Å². The molecule has 0 aliphatic carbocycles. The van der Waals surface area contributed by atoms with Gasteiger partial charge in [-0.25, -0.2) is 18.5 Å². The number of imide groups is 1. The van der Waals surface area contributed by atoms with Crippen molar-refractivity contribution in [3.05, 3.63) is 29.8 Å².